The number of aromatic hydroxyl groups is 1. The fourth-order valence-corrected chi connectivity index (χ4v) is 4.50. The van der Waals surface area contributed by atoms with Gasteiger partial charge in [0.1, 0.15) is 5.75 Å². The topological polar surface area (TPSA) is 85.9 Å². The standard InChI is InChI=1S/C28H28BrN3O4/c1-6-36-24-11-17(4)22(14-21(24)16(2)3)27-31-23-10-8-7-9-20(23)28(34)32(27)30-15-18-12-19(29)13-25(35-5)26(18)33/h7-16,33H,6H2,1-5H3. The van der Waals surface area contributed by atoms with Crippen LogP contribution in [0.25, 0.3) is 22.3 Å². The van der Waals surface area contributed by atoms with Gasteiger partial charge in [0.05, 0.1) is 30.8 Å². The Bertz CT molecular complexity index is 1530. The Morgan fingerprint density at radius 3 is 2.61 bits per heavy atom. The summed E-state index contributed by atoms with van der Waals surface area (Å²) in [6, 6.07) is 14.5. The number of nitrogens with zero attached hydrogens (tertiary/aromatic N) is 3. The summed E-state index contributed by atoms with van der Waals surface area (Å²) in [5.74, 6) is 1.63. The molecule has 0 atom stereocenters. The second kappa shape index (κ2) is 10.5. The van der Waals surface area contributed by atoms with Gasteiger partial charge in [-0.3, -0.25) is 4.79 Å². The molecule has 1 aromatic heterocycles. The van der Waals surface area contributed by atoms with E-state index in [0.717, 1.165) is 22.4 Å². The normalized spacial score (nSPS) is 11.5. The van der Waals surface area contributed by atoms with Gasteiger partial charge in [-0.05, 0) is 67.3 Å². The highest BCUT2D eigenvalue weighted by molar-refractivity contribution is 9.10. The Hall–Kier alpha value is -3.65. The molecule has 0 unspecified atom stereocenters. The number of halogens is 1. The fourth-order valence-electron chi connectivity index (χ4n) is 4.04. The van der Waals surface area contributed by atoms with Crippen LogP contribution in [0.15, 0.2) is 62.9 Å². The summed E-state index contributed by atoms with van der Waals surface area (Å²) in [6.07, 6.45) is 1.43. The van der Waals surface area contributed by atoms with Gasteiger partial charge in [0.25, 0.3) is 5.56 Å². The quantitative estimate of drug-likeness (QED) is 0.275. The van der Waals surface area contributed by atoms with E-state index in [4.69, 9.17) is 14.5 Å². The molecule has 4 rings (SSSR count). The minimum Gasteiger partial charge on any atom is -0.504 e. The van der Waals surface area contributed by atoms with Gasteiger partial charge in [0.15, 0.2) is 17.3 Å². The van der Waals surface area contributed by atoms with E-state index in [1.807, 2.05) is 38.1 Å². The molecule has 4 aromatic rings. The smallest absolute Gasteiger partial charge is 0.282 e. The predicted octanol–water partition coefficient (Wildman–Crippen LogP) is 6.25. The lowest BCUT2D eigenvalue weighted by atomic mass is 9.96. The largest absolute Gasteiger partial charge is 0.504 e. The van der Waals surface area contributed by atoms with Crippen LogP contribution in [0.1, 0.15) is 43.4 Å². The Morgan fingerprint density at radius 2 is 1.92 bits per heavy atom. The lowest BCUT2D eigenvalue weighted by molar-refractivity contribution is 0.335. The van der Waals surface area contributed by atoms with Gasteiger partial charge < -0.3 is 14.6 Å². The summed E-state index contributed by atoms with van der Waals surface area (Å²) in [6.45, 7) is 8.67. The zero-order valence-electron chi connectivity index (χ0n) is 20.9. The van der Waals surface area contributed by atoms with Crippen LogP contribution >= 0.6 is 15.9 Å². The van der Waals surface area contributed by atoms with E-state index < -0.39 is 0 Å². The average molecular weight is 550 g/mol. The highest BCUT2D eigenvalue weighted by Gasteiger charge is 2.19. The van der Waals surface area contributed by atoms with Crippen LogP contribution in [0.2, 0.25) is 0 Å². The Balaban J connectivity index is 1.99. The van der Waals surface area contributed by atoms with Gasteiger partial charge in [-0.2, -0.15) is 9.78 Å². The Kier molecular flexibility index (Phi) is 7.45. The molecule has 0 saturated heterocycles. The molecule has 1 heterocycles. The second-order valence-corrected chi connectivity index (χ2v) is 9.57. The van der Waals surface area contributed by atoms with Crippen LogP contribution in [0.5, 0.6) is 17.2 Å². The van der Waals surface area contributed by atoms with Crippen LogP contribution in [0.3, 0.4) is 0 Å². The first-order valence-electron chi connectivity index (χ1n) is 11.7. The fraction of sp³-hybridized carbons (Fsp3) is 0.250. The molecule has 0 aliphatic heterocycles. The monoisotopic (exact) mass is 549 g/mol. The van der Waals surface area contributed by atoms with Gasteiger partial charge in [-0.25, -0.2) is 4.98 Å². The highest BCUT2D eigenvalue weighted by atomic mass is 79.9. The number of para-hydroxylation sites is 1. The van der Waals surface area contributed by atoms with Crippen LogP contribution in [-0.2, 0) is 0 Å². The van der Waals surface area contributed by atoms with Crippen molar-refractivity contribution in [1.29, 1.82) is 0 Å². The molecule has 7 nitrogen and oxygen atoms in total. The molecule has 36 heavy (non-hydrogen) atoms. The average Bonchev–Trinajstić information content (AvgIpc) is 2.85. The first-order chi connectivity index (χ1) is 17.2. The lowest BCUT2D eigenvalue weighted by Crippen LogP contribution is -2.21. The number of phenols is 1. The molecule has 3 aromatic carbocycles. The molecule has 0 amide bonds. The summed E-state index contributed by atoms with van der Waals surface area (Å²) < 4.78 is 13.1. The van der Waals surface area contributed by atoms with E-state index in [9.17, 15) is 9.90 Å². The van der Waals surface area contributed by atoms with Crippen LogP contribution < -0.4 is 15.0 Å². The van der Waals surface area contributed by atoms with E-state index in [-0.39, 0.29) is 17.2 Å². The van der Waals surface area contributed by atoms with Gasteiger partial charge in [0.2, 0.25) is 0 Å². The number of aromatic nitrogens is 2. The van der Waals surface area contributed by atoms with Gasteiger partial charge >= 0.3 is 0 Å². The van der Waals surface area contributed by atoms with E-state index in [2.05, 4.69) is 34.9 Å². The maximum absolute atomic E-state index is 13.6. The van der Waals surface area contributed by atoms with Crippen molar-refractivity contribution in [2.24, 2.45) is 5.10 Å². The van der Waals surface area contributed by atoms with Crippen LogP contribution in [-0.4, -0.2) is 34.7 Å². The molecule has 186 valence electrons. The number of ether oxygens (including phenoxy) is 2. The minimum atomic E-state index is -0.312. The number of hydrogen-bond donors (Lipinski definition) is 1. The van der Waals surface area contributed by atoms with Crippen molar-refractivity contribution in [3.63, 3.8) is 0 Å². The van der Waals surface area contributed by atoms with Crippen LogP contribution in [0, 0.1) is 6.92 Å². The number of aryl methyl sites for hydroxylation is 1. The third kappa shape index (κ3) is 4.86. The summed E-state index contributed by atoms with van der Waals surface area (Å²) in [5, 5.41) is 15.5. The molecule has 1 N–H and O–H groups in total. The Labute approximate surface area is 218 Å². The predicted molar refractivity (Wildman–Crippen MR) is 147 cm³/mol. The number of fused-ring (bicyclic) bond motifs is 1. The SMILES string of the molecule is CCOc1cc(C)c(-c2nc3ccccc3c(=O)n2N=Cc2cc(Br)cc(OC)c2O)cc1C(C)C. The molecular weight excluding hydrogens is 522 g/mol. The number of rotatable bonds is 7. The molecule has 0 spiro atoms. The van der Waals surface area contributed by atoms with Gasteiger partial charge in [-0.1, -0.05) is 41.9 Å². The zero-order valence-corrected chi connectivity index (χ0v) is 22.5. The minimum absolute atomic E-state index is 0.0767. The first kappa shape index (κ1) is 25.4. The molecule has 0 aliphatic rings. The molecule has 0 radical (unpaired) electrons. The van der Waals surface area contributed by atoms with Crippen molar-refractivity contribution in [3.05, 3.63) is 80.0 Å². The zero-order chi connectivity index (χ0) is 26.0. The lowest BCUT2D eigenvalue weighted by Gasteiger charge is -2.18. The summed E-state index contributed by atoms with van der Waals surface area (Å²) >= 11 is 3.42. The highest BCUT2D eigenvalue weighted by Crippen LogP contribution is 2.35. The molecular formula is C28H28BrN3O4. The molecule has 0 aliphatic carbocycles. The number of methoxy groups -OCH3 is 1. The van der Waals surface area contributed by atoms with Gasteiger partial charge in [-0.15, -0.1) is 0 Å². The van der Waals surface area contributed by atoms with Gasteiger partial charge in [0, 0.05) is 15.6 Å². The van der Waals surface area contributed by atoms with E-state index in [1.165, 1.54) is 18.0 Å². The summed E-state index contributed by atoms with van der Waals surface area (Å²) in [5.41, 5.74) is 3.35. The summed E-state index contributed by atoms with van der Waals surface area (Å²) in [7, 11) is 1.47. The number of hydrogen-bond acceptors (Lipinski definition) is 6. The van der Waals surface area contributed by atoms with Crippen molar-refractivity contribution in [2.45, 2.75) is 33.6 Å². The first-order valence-corrected chi connectivity index (χ1v) is 12.4. The molecule has 0 saturated carbocycles. The van der Waals surface area contributed by atoms with E-state index in [1.54, 1.807) is 24.3 Å². The third-order valence-corrected chi connectivity index (χ3v) is 6.33. The van der Waals surface area contributed by atoms with Crippen LogP contribution in [0.4, 0.5) is 0 Å². The maximum Gasteiger partial charge on any atom is 0.282 e. The van der Waals surface area contributed by atoms with Crippen molar-refractivity contribution < 1.29 is 14.6 Å². The molecule has 0 bridgehead atoms. The van der Waals surface area contributed by atoms with Crippen molar-refractivity contribution in [3.8, 4) is 28.6 Å². The molecule has 8 heteroatoms. The second-order valence-electron chi connectivity index (χ2n) is 8.65. The van der Waals surface area contributed by atoms with Crippen molar-refractivity contribution >= 4 is 33.0 Å². The van der Waals surface area contributed by atoms with E-state index in [0.29, 0.717) is 39.1 Å². The summed E-state index contributed by atoms with van der Waals surface area (Å²) in [4.78, 5) is 18.4. The maximum atomic E-state index is 13.6. The Morgan fingerprint density at radius 1 is 1.17 bits per heavy atom. The van der Waals surface area contributed by atoms with Crippen molar-refractivity contribution in [2.75, 3.05) is 13.7 Å². The van der Waals surface area contributed by atoms with E-state index >= 15 is 0 Å². The number of benzene rings is 3. The third-order valence-electron chi connectivity index (χ3n) is 5.87. The molecule has 0 fully saturated rings. The van der Waals surface area contributed by atoms with Crippen molar-refractivity contribution in [1.82, 2.24) is 9.66 Å². The number of phenolic OH excluding ortho intramolecular Hbond substituents is 1.